The van der Waals surface area contributed by atoms with E-state index in [2.05, 4.69) is 0 Å². The van der Waals surface area contributed by atoms with E-state index in [1.54, 1.807) is 0 Å². The molecule has 148 valence electrons. The van der Waals surface area contributed by atoms with Gasteiger partial charge in [0.1, 0.15) is 0 Å². The zero-order valence-corrected chi connectivity index (χ0v) is 12.4. The second-order valence-corrected chi connectivity index (χ2v) is 5.50. The third-order valence-electron chi connectivity index (χ3n) is 3.64. The topological polar surface area (TPSA) is 49.8 Å². The lowest BCUT2D eigenvalue weighted by Crippen LogP contribution is -2.61. The Morgan fingerprint density at radius 3 is 1.84 bits per heavy atom. The van der Waals surface area contributed by atoms with Crippen LogP contribution >= 0.6 is 0 Å². The minimum absolute atomic E-state index is 0.0739. The second kappa shape index (κ2) is 7.17. The first-order valence-corrected chi connectivity index (χ1v) is 6.86. The Kier molecular flexibility index (Phi) is 6.26. The highest BCUT2D eigenvalue weighted by Crippen LogP contribution is 2.54. The lowest BCUT2D eigenvalue weighted by Gasteiger charge is -2.35. The second-order valence-electron chi connectivity index (χ2n) is 5.50. The molecule has 1 saturated heterocycles. The van der Waals surface area contributed by atoms with Crippen LogP contribution in [0.3, 0.4) is 0 Å². The van der Waals surface area contributed by atoms with Gasteiger partial charge in [0.15, 0.2) is 0 Å². The molecule has 0 amide bonds. The molecule has 1 aliphatic heterocycles. The fourth-order valence-electron chi connectivity index (χ4n) is 2.17. The van der Waals surface area contributed by atoms with Crippen molar-refractivity contribution in [1.29, 1.82) is 0 Å². The zero-order valence-electron chi connectivity index (χ0n) is 12.4. The van der Waals surface area contributed by atoms with Gasteiger partial charge in [-0.3, -0.25) is 9.69 Å². The van der Waals surface area contributed by atoms with Crippen molar-refractivity contribution in [3.63, 3.8) is 0 Å². The quantitative estimate of drug-likeness (QED) is 0.679. The van der Waals surface area contributed by atoms with E-state index < -0.39 is 48.8 Å². The van der Waals surface area contributed by atoms with Crippen LogP contribution < -0.4 is 0 Å². The third kappa shape index (κ3) is 4.49. The average Bonchev–Trinajstić information content (AvgIpc) is 2.45. The number of ether oxygens (including phenoxy) is 1. The maximum atomic E-state index is 13.6. The van der Waals surface area contributed by atoms with Gasteiger partial charge in [0, 0.05) is 26.1 Å². The molecule has 0 bridgehead atoms. The summed E-state index contributed by atoms with van der Waals surface area (Å²) in [6.07, 6.45) is -9.30. The van der Waals surface area contributed by atoms with Crippen LogP contribution in [0.25, 0.3) is 0 Å². The molecule has 0 saturated carbocycles. The monoisotopic (exact) mass is 391 g/mol. The Morgan fingerprint density at radius 2 is 1.44 bits per heavy atom. The fourth-order valence-corrected chi connectivity index (χ4v) is 2.17. The normalized spacial score (nSPS) is 19.7. The van der Waals surface area contributed by atoms with E-state index in [4.69, 9.17) is 9.84 Å². The molecule has 0 aromatic heterocycles. The van der Waals surface area contributed by atoms with Gasteiger partial charge >= 0.3 is 29.9 Å². The molecule has 0 aromatic rings. The highest BCUT2D eigenvalue weighted by atomic mass is 19.4. The SMILES string of the molecule is O=C(O)C(CN1CCOCC1)CC(F)(F)C(F)(F)C(F)(F)C(F)(F)F. The lowest BCUT2D eigenvalue weighted by molar-refractivity contribution is -0.397. The number of alkyl halides is 9. The van der Waals surface area contributed by atoms with Crippen molar-refractivity contribution in [2.45, 2.75) is 30.4 Å². The molecule has 1 N–H and O–H groups in total. The lowest BCUT2D eigenvalue weighted by atomic mass is 9.93. The summed E-state index contributed by atoms with van der Waals surface area (Å²) >= 11 is 0. The van der Waals surface area contributed by atoms with Crippen LogP contribution in [-0.4, -0.2) is 72.8 Å². The Morgan fingerprint density at radius 1 is 0.960 bits per heavy atom. The number of hydrogen-bond acceptors (Lipinski definition) is 3. The van der Waals surface area contributed by atoms with E-state index in [1.807, 2.05) is 0 Å². The van der Waals surface area contributed by atoms with E-state index in [0.29, 0.717) is 0 Å². The van der Waals surface area contributed by atoms with Crippen molar-refractivity contribution in [3.05, 3.63) is 0 Å². The number of rotatable bonds is 7. The Labute approximate surface area is 135 Å². The molecule has 1 atom stereocenters. The van der Waals surface area contributed by atoms with Crippen LogP contribution in [0.4, 0.5) is 39.5 Å². The number of morpholine rings is 1. The van der Waals surface area contributed by atoms with Crippen molar-refractivity contribution in [2.75, 3.05) is 32.8 Å². The van der Waals surface area contributed by atoms with Gasteiger partial charge in [0.25, 0.3) is 0 Å². The number of aliphatic carboxylic acids is 1. The highest BCUT2D eigenvalue weighted by molar-refractivity contribution is 5.70. The minimum atomic E-state index is -7.02. The van der Waals surface area contributed by atoms with Crippen molar-refractivity contribution < 1.29 is 54.2 Å². The van der Waals surface area contributed by atoms with E-state index >= 15 is 0 Å². The van der Waals surface area contributed by atoms with E-state index in [-0.39, 0.29) is 26.3 Å². The van der Waals surface area contributed by atoms with Crippen molar-refractivity contribution in [2.24, 2.45) is 5.92 Å². The minimum Gasteiger partial charge on any atom is -0.481 e. The van der Waals surface area contributed by atoms with Gasteiger partial charge < -0.3 is 9.84 Å². The molecule has 0 aliphatic carbocycles. The standard InChI is InChI=1S/C12H14F9NO3/c13-9(14,10(15,16)11(17,18)12(19,20)21)5-7(8(23)24)6-22-1-3-25-4-2-22/h7H,1-6H2,(H,23,24). The molecule has 0 aromatic carbocycles. The summed E-state index contributed by atoms with van der Waals surface area (Å²) < 4.78 is 120. The van der Waals surface area contributed by atoms with Crippen LogP contribution in [-0.2, 0) is 9.53 Å². The number of halogens is 9. The smallest absolute Gasteiger partial charge is 0.460 e. The number of carboxylic acids is 1. The zero-order chi connectivity index (χ0) is 19.7. The largest absolute Gasteiger partial charge is 0.481 e. The van der Waals surface area contributed by atoms with Crippen molar-refractivity contribution in [1.82, 2.24) is 4.90 Å². The summed E-state index contributed by atoms with van der Waals surface area (Å²) in [5, 5.41) is 8.85. The maximum Gasteiger partial charge on any atom is 0.460 e. The molecule has 25 heavy (non-hydrogen) atoms. The number of hydrogen-bond donors (Lipinski definition) is 1. The number of nitrogens with zero attached hydrogens (tertiary/aromatic N) is 1. The summed E-state index contributed by atoms with van der Waals surface area (Å²) in [5.41, 5.74) is 0. The summed E-state index contributed by atoms with van der Waals surface area (Å²) in [5.74, 6) is -24.0. The van der Waals surface area contributed by atoms with E-state index in [1.165, 1.54) is 4.90 Å². The molecule has 1 rings (SSSR count). The summed E-state index contributed by atoms with van der Waals surface area (Å²) in [4.78, 5) is 12.2. The van der Waals surface area contributed by atoms with Gasteiger partial charge in [-0.25, -0.2) is 0 Å². The van der Waals surface area contributed by atoms with Crippen molar-refractivity contribution >= 4 is 5.97 Å². The third-order valence-corrected chi connectivity index (χ3v) is 3.64. The first kappa shape index (κ1) is 21.8. The van der Waals surface area contributed by atoms with Crippen LogP contribution in [0.1, 0.15) is 6.42 Å². The molecule has 0 radical (unpaired) electrons. The molecule has 1 unspecified atom stereocenters. The molecule has 0 spiro atoms. The molecule has 4 nitrogen and oxygen atoms in total. The number of carbonyl (C=O) groups is 1. The van der Waals surface area contributed by atoms with Crippen molar-refractivity contribution in [3.8, 4) is 0 Å². The summed E-state index contributed by atoms with van der Waals surface area (Å²) in [6, 6.07) is 0. The van der Waals surface area contributed by atoms with Gasteiger partial charge in [-0.2, -0.15) is 39.5 Å². The average molecular weight is 391 g/mol. The van der Waals surface area contributed by atoms with Crippen LogP contribution in [0.5, 0.6) is 0 Å². The summed E-state index contributed by atoms with van der Waals surface area (Å²) in [7, 11) is 0. The van der Waals surface area contributed by atoms with Crippen LogP contribution in [0, 0.1) is 5.92 Å². The predicted molar refractivity (Wildman–Crippen MR) is 63.9 cm³/mol. The molecule has 1 aliphatic rings. The van der Waals surface area contributed by atoms with Gasteiger partial charge in [0.05, 0.1) is 19.1 Å². The molecule has 1 fully saturated rings. The van der Waals surface area contributed by atoms with E-state index in [9.17, 15) is 44.3 Å². The van der Waals surface area contributed by atoms with Gasteiger partial charge in [0.2, 0.25) is 0 Å². The van der Waals surface area contributed by atoms with Crippen LogP contribution in [0.2, 0.25) is 0 Å². The van der Waals surface area contributed by atoms with Gasteiger partial charge in [-0.15, -0.1) is 0 Å². The van der Waals surface area contributed by atoms with Gasteiger partial charge in [-0.1, -0.05) is 0 Å². The molecular weight excluding hydrogens is 377 g/mol. The molecule has 13 heteroatoms. The predicted octanol–water partition coefficient (Wildman–Crippen LogP) is 2.88. The van der Waals surface area contributed by atoms with Crippen LogP contribution in [0.15, 0.2) is 0 Å². The summed E-state index contributed by atoms with van der Waals surface area (Å²) in [6.45, 7) is -0.368. The Balaban J connectivity index is 2.98. The fraction of sp³-hybridized carbons (Fsp3) is 0.917. The Bertz CT molecular complexity index is 475. The first-order valence-electron chi connectivity index (χ1n) is 6.86. The molecule has 1 heterocycles. The maximum absolute atomic E-state index is 13.6. The van der Waals surface area contributed by atoms with Gasteiger partial charge in [-0.05, 0) is 0 Å². The molecular formula is C12H14F9NO3. The Hall–Kier alpha value is -1.24. The van der Waals surface area contributed by atoms with E-state index in [0.717, 1.165) is 0 Å². The first-order chi connectivity index (χ1) is 11.1. The highest BCUT2D eigenvalue weighted by Gasteiger charge is 2.81. The number of carboxylic acid groups (broad SMARTS) is 1.